The molecule has 0 atom stereocenters. The van der Waals surface area contributed by atoms with Crippen molar-refractivity contribution in [3.8, 4) is 0 Å². The summed E-state index contributed by atoms with van der Waals surface area (Å²) in [6, 6.07) is 11.9. The number of rotatable bonds is 4. The highest BCUT2D eigenvalue weighted by atomic mass is 32.2. The number of fused-ring (bicyclic) bond motifs is 1. The second-order valence-corrected chi connectivity index (χ2v) is 6.12. The molecule has 23 heavy (non-hydrogen) atoms. The van der Waals surface area contributed by atoms with Crippen molar-refractivity contribution in [2.24, 2.45) is 0 Å². The van der Waals surface area contributed by atoms with Crippen LogP contribution in [-0.2, 0) is 6.54 Å². The number of nitrogens with zero attached hydrogens (tertiary/aromatic N) is 1. The highest BCUT2D eigenvalue weighted by Gasteiger charge is 2.08. The molecule has 0 saturated heterocycles. The molecule has 0 aliphatic rings. The predicted octanol–water partition coefficient (Wildman–Crippen LogP) is 5.16. The quantitative estimate of drug-likeness (QED) is 0.669. The van der Waals surface area contributed by atoms with E-state index in [1.807, 2.05) is 37.4 Å². The molecule has 0 saturated carbocycles. The maximum absolute atomic E-state index is 13.3. The fraction of sp³-hybridized carbons (Fsp3) is 0.167. The number of aryl methyl sites for hydroxylation is 1. The molecule has 2 aromatic carbocycles. The summed E-state index contributed by atoms with van der Waals surface area (Å²) in [6.45, 7) is 2.36. The van der Waals surface area contributed by atoms with E-state index in [-0.39, 0.29) is 0 Å². The van der Waals surface area contributed by atoms with E-state index in [2.05, 4.69) is 10.3 Å². The Morgan fingerprint density at radius 1 is 1.09 bits per heavy atom. The van der Waals surface area contributed by atoms with E-state index < -0.39 is 11.6 Å². The monoisotopic (exact) mass is 330 g/mol. The Balaban J connectivity index is 1.94. The van der Waals surface area contributed by atoms with Gasteiger partial charge in [-0.1, -0.05) is 18.2 Å². The van der Waals surface area contributed by atoms with Crippen molar-refractivity contribution in [1.29, 1.82) is 0 Å². The average Bonchev–Trinajstić information content (AvgIpc) is 2.55. The van der Waals surface area contributed by atoms with Crippen molar-refractivity contribution in [3.63, 3.8) is 0 Å². The zero-order valence-corrected chi connectivity index (χ0v) is 13.7. The first-order valence-electron chi connectivity index (χ1n) is 7.20. The third kappa shape index (κ3) is 3.29. The molecule has 118 valence electrons. The van der Waals surface area contributed by atoms with Crippen molar-refractivity contribution in [1.82, 2.24) is 4.98 Å². The minimum Gasteiger partial charge on any atom is -0.380 e. The third-order valence-corrected chi connectivity index (χ3v) is 4.39. The van der Waals surface area contributed by atoms with Crippen LogP contribution in [0.2, 0.25) is 0 Å². The molecule has 0 aliphatic heterocycles. The topological polar surface area (TPSA) is 24.9 Å². The fourth-order valence-electron chi connectivity index (χ4n) is 2.51. The minimum absolute atomic E-state index is 0.416. The van der Waals surface area contributed by atoms with Crippen LogP contribution < -0.4 is 5.32 Å². The summed E-state index contributed by atoms with van der Waals surface area (Å²) in [5.41, 5.74) is 3.49. The van der Waals surface area contributed by atoms with Gasteiger partial charge >= 0.3 is 0 Å². The number of benzene rings is 2. The van der Waals surface area contributed by atoms with Crippen LogP contribution in [0.1, 0.15) is 11.3 Å². The molecule has 0 aliphatic carbocycles. The van der Waals surface area contributed by atoms with E-state index in [4.69, 9.17) is 0 Å². The third-order valence-electron chi connectivity index (χ3n) is 3.62. The number of hydrogen-bond donors (Lipinski definition) is 1. The maximum atomic E-state index is 13.3. The number of para-hydroxylation sites is 1. The van der Waals surface area contributed by atoms with Crippen LogP contribution in [0.25, 0.3) is 10.9 Å². The molecule has 3 rings (SSSR count). The van der Waals surface area contributed by atoms with Gasteiger partial charge in [0.2, 0.25) is 0 Å². The summed E-state index contributed by atoms with van der Waals surface area (Å²) in [5.74, 6) is -1.66. The fourth-order valence-corrected chi connectivity index (χ4v) is 3.07. The van der Waals surface area contributed by atoms with Crippen molar-refractivity contribution >= 4 is 28.4 Å². The zero-order valence-electron chi connectivity index (χ0n) is 12.9. The van der Waals surface area contributed by atoms with Crippen molar-refractivity contribution in [2.45, 2.75) is 18.4 Å². The Kier molecular flexibility index (Phi) is 4.48. The molecule has 0 fully saturated rings. The van der Waals surface area contributed by atoms with Crippen LogP contribution >= 0.6 is 11.8 Å². The second-order valence-electron chi connectivity index (χ2n) is 5.27. The highest BCUT2D eigenvalue weighted by Crippen LogP contribution is 2.30. The van der Waals surface area contributed by atoms with Crippen molar-refractivity contribution < 1.29 is 8.78 Å². The number of hydrogen-bond acceptors (Lipinski definition) is 3. The largest absolute Gasteiger partial charge is 0.380 e. The molecule has 1 heterocycles. The smallest absolute Gasteiger partial charge is 0.159 e. The van der Waals surface area contributed by atoms with E-state index in [0.29, 0.717) is 12.1 Å². The summed E-state index contributed by atoms with van der Waals surface area (Å²) in [5, 5.41) is 4.32. The summed E-state index contributed by atoms with van der Waals surface area (Å²) < 4.78 is 26.3. The van der Waals surface area contributed by atoms with E-state index >= 15 is 0 Å². The molecule has 0 radical (unpaired) electrons. The van der Waals surface area contributed by atoms with Gasteiger partial charge in [-0.15, -0.1) is 11.8 Å². The van der Waals surface area contributed by atoms with Gasteiger partial charge in [-0.3, -0.25) is 4.98 Å². The molecule has 1 N–H and O–H groups in total. The second kappa shape index (κ2) is 6.54. The number of nitrogens with one attached hydrogen (secondary N) is 1. The van der Waals surface area contributed by atoms with Crippen molar-refractivity contribution in [2.75, 3.05) is 11.6 Å². The lowest BCUT2D eigenvalue weighted by molar-refractivity contribution is 0.507. The van der Waals surface area contributed by atoms with Crippen LogP contribution in [0.4, 0.5) is 14.5 Å². The Hall–Kier alpha value is -2.14. The normalized spacial score (nSPS) is 11.0. The first-order chi connectivity index (χ1) is 11.1. The SMILES string of the molecule is CSc1cccc2c(NCc3ccc(F)c(F)c3)cc(C)nc12. The van der Waals surface area contributed by atoms with Gasteiger partial charge in [-0.05, 0) is 43.0 Å². The maximum Gasteiger partial charge on any atom is 0.159 e. The van der Waals surface area contributed by atoms with E-state index in [9.17, 15) is 8.78 Å². The number of anilines is 1. The Labute approximate surface area is 137 Å². The molecule has 2 nitrogen and oxygen atoms in total. The van der Waals surface area contributed by atoms with Crippen molar-refractivity contribution in [3.05, 3.63) is 65.4 Å². The summed E-state index contributed by atoms with van der Waals surface area (Å²) >= 11 is 1.65. The first kappa shape index (κ1) is 15.7. The van der Waals surface area contributed by atoms with Crippen LogP contribution in [0.15, 0.2) is 47.4 Å². The van der Waals surface area contributed by atoms with Crippen LogP contribution in [0.3, 0.4) is 0 Å². The molecule has 1 aromatic heterocycles. The van der Waals surface area contributed by atoms with Crippen LogP contribution in [-0.4, -0.2) is 11.2 Å². The van der Waals surface area contributed by atoms with Gasteiger partial charge < -0.3 is 5.32 Å². The van der Waals surface area contributed by atoms with Gasteiger partial charge in [0, 0.05) is 28.2 Å². The lowest BCUT2D eigenvalue weighted by Gasteiger charge is -2.12. The number of thioether (sulfide) groups is 1. The lowest BCUT2D eigenvalue weighted by atomic mass is 10.1. The van der Waals surface area contributed by atoms with Gasteiger partial charge in [0.1, 0.15) is 0 Å². The van der Waals surface area contributed by atoms with Gasteiger partial charge in [-0.2, -0.15) is 0 Å². The number of pyridine rings is 1. The minimum atomic E-state index is -0.830. The van der Waals surface area contributed by atoms with Gasteiger partial charge in [0.25, 0.3) is 0 Å². The summed E-state index contributed by atoms with van der Waals surface area (Å²) in [7, 11) is 0. The average molecular weight is 330 g/mol. The highest BCUT2D eigenvalue weighted by molar-refractivity contribution is 7.98. The molecule has 0 bridgehead atoms. The zero-order chi connectivity index (χ0) is 16.4. The molecule has 0 amide bonds. The molecular formula is C18H16F2N2S. The molecule has 0 unspecified atom stereocenters. The molecule has 0 spiro atoms. The van der Waals surface area contributed by atoms with Gasteiger partial charge in [-0.25, -0.2) is 8.78 Å². The van der Waals surface area contributed by atoms with E-state index in [1.54, 1.807) is 17.8 Å². The van der Waals surface area contributed by atoms with E-state index in [1.165, 1.54) is 6.07 Å². The van der Waals surface area contributed by atoms with Gasteiger partial charge in [0.05, 0.1) is 5.52 Å². The Bertz CT molecular complexity index is 865. The number of halogens is 2. The predicted molar refractivity (Wildman–Crippen MR) is 91.9 cm³/mol. The number of aromatic nitrogens is 1. The Morgan fingerprint density at radius 2 is 1.91 bits per heavy atom. The Morgan fingerprint density at radius 3 is 2.65 bits per heavy atom. The summed E-state index contributed by atoms with van der Waals surface area (Å²) in [6.07, 6.45) is 2.02. The molecule has 5 heteroatoms. The lowest BCUT2D eigenvalue weighted by Crippen LogP contribution is -2.02. The first-order valence-corrected chi connectivity index (χ1v) is 8.43. The molecule has 3 aromatic rings. The molecular weight excluding hydrogens is 314 g/mol. The van der Waals surface area contributed by atoms with Crippen LogP contribution in [0, 0.1) is 18.6 Å². The standard InChI is InChI=1S/C18H16F2N2S/c1-11-8-16(13-4-3-5-17(23-2)18(13)22-11)21-10-12-6-7-14(19)15(20)9-12/h3-9H,10H2,1-2H3,(H,21,22). The summed E-state index contributed by atoms with van der Waals surface area (Å²) in [4.78, 5) is 5.73. The van der Waals surface area contributed by atoms with Gasteiger partial charge in [0.15, 0.2) is 11.6 Å². The van der Waals surface area contributed by atoms with Crippen LogP contribution in [0.5, 0.6) is 0 Å². The van der Waals surface area contributed by atoms with E-state index in [0.717, 1.165) is 33.2 Å².